The van der Waals surface area contributed by atoms with Crippen molar-refractivity contribution in [3.8, 4) is 11.5 Å². The first-order chi connectivity index (χ1) is 21.0. The molecule has 2 atom stereocenters. The minimum atomic E-state index is -1.69. The predicted molar refractivity (Wildman–Crippen MR) is 168 cm³/mol. The standard InChI is InChI=1S/C33H35ClFN5O4/c1-32(2)19-44-30-23(32)16-27(39-29(30)21-8-9-25(35)24(34)14-21)33(42,18-40(3)12-6-10-36)17-38-31(41)22-13-20-7-5-11-37-28(20)26(15-22)43-4/h5-13,15-16,21,36,42H,14,17-19H2,1-4H3,(H,38,41)/b12-6-,36-10?. The van der Waals surface area contributed by atoms with Gasteiger partial charge in [0.25, 0.3) is 5.91 Å². The summed E-state index contributed by atoms with van der Waals surface area (Å²) in [5.41, 5.74) is 0.608. The fourth-order valence-corrected chi connectivity index (χ4v) is 5.75. The number of likely N-dealkylation sites (N-methyl/N-ethyl adjacent to an activating group) is 1. The van der Waals surface area contributed by atoms with E-state index >= 15 is 0 Å². The second kappa shape index (κ2) is 12.4. The number of carbonyl (C=O) groups is 1. The van der Waals surface area contributed by atoms with E-state index in [2.05, 4.69) is 10.3 Å². The summed E-state index contributed by atoms with van der Waals surface area (Å²) < 4.78 is 25.7. The number of carbonyl (C=O) groups excluding carboxylic acids is 1. The quantitative estimate of drug-likeness (QED) is 0.257. The van der Waals surface area contributed by atoms with E-state index in [9.17, 15) is 14.3 Å². The molecular formula is C33H35ClFN5O4. The molecule has 3 heterocycles. The van der Waals surface area contributed by atoms with Gasteiger partial charge in [-0.3, -0.25) is 14.8 Å². The average molecular weight is 620 g/mol. The maximum Gasteiger partial charge on any atom is 0.251 e. The molecule has 1 aliphatic heterocycles. The number of methoxy groups -OCH3 is 1. The maximum atomic E-state index is 14.1. The second-order valence-corrected chi connectivity index (χ2v) is 12.2. The highest BCUT2D eigenvalue weighted by Gasteiger charge is 2.41. The van der Waals surface area contributed by atoms with Crippen LogP contribution in [0.25, 0.3) is 10.9 Å². The van der Waals surface area contributed by atoms with Gasteiger partial charge < -0.3 is 30.2 Å². The third-order valence-electron chi connectivity index (χ3n) is 7.91. The average Bonchev–Trinajstić information content (AvgIpc) is 3.33. The van der Waals surface area contributed by atoms with E-state index in [-0.39, 0.29) is 30.5 Å². The molecule has 44 heavy (non-hydrogen) atoms. The SMILES string of the molecule is COc1cc(C(=O)NCC(O)(CN(C)/C=C\C=N)c2cc3c(c(C4C=CC(F)=C(Cl)C4)n2)OCC3(C)C)cc2cccnc12. The Kier molecular flexibility index (Phi) is 8.76. The number of ether oxygens (including phenoxy) is 2. The lowest BCUT2D eigenvalue weighted by atomic mass is 9.83. The molecule has 0 fully saturated rings. The number of nitrogens with one attached hydrogen (secondary N) is 2. The number of aliphatic hydroxyl groups is 1. The first kappa shape index (κ1) is 31.2. The molecule has 1 aliphatic carbocycles. The van der Waals surface area contributed by atoms with Crippen LogP contribution < -0.4 is 14.8 Å². The van der Waals surface area contributed by atoms with E-state index in [1.54, 1.807) is 48.6 Å². The molecule has 3 aromatic rings. The fourth-order valence-electron chi connectivity index (χ4n) is 5.52. The minimum absolute atomic E-state index is 0.0326. The molecule has 11 heteroatoms. The van der Waals surface area contributed by atoms with Crippen LogP contribution in [0.1, 0.15) is 53.5 Å². The van der Waals surface area contributed by atoms with Crippen LogP contribution >= 0.6 is 11.6 Å². The number of aromatic nitrogens is 2. The van der Waals surface area contributed by atoms with Crippen molar-refractivity contribution in [2.75, 3.05) is 33.9 Å². The van der Waals surface area contributed by atoms with Crippen LogP contribution in [-0.4, -0.2) is 66.0 Å². The van der Waals surface area contributed by atoms with E-state index in [0.717, 1.165) is 17.2 Å². The Hall–Kier alpha value is -4.28. The van der Waals surface area contributed by atoms with E-state index in [1.165, 1.54) is 19.3 Å². The Morgan fingerprint density at radius 3 is 2.91 bits per heavy atom. The number of nitrogens with zero attached hydrogens (tertiary/aromatic N) is 3. The summed E-state index contributed by atoms with van der Waals surface area (Å²) in [6, 6.07) is 8.77. The topological polar surface area (TPSA) is 121 Å². The number of amides is 1. The molecule has 2 aliphatic rings. The molecule has 9 nitrogen and oxygen atoms in total. The van der Waals surface area contributed by atoms with Crippen LogP contribution in [0.5, 0.6) is 11.5 Å². The monoisotopic (exact) mass is 619 g/mol. The molecule has 0 radical (unpaired) electrons. The van der Waals surface area contributed by atoms with Gasteiger partial charge in [-0.05, 0) is 42.8 Å². The Morgan fingerprint density at radius 1 is 1.39 bits per heavy atom. The zero-order chi connectivity index (χ0) is 31.6. The van der Waals surface area contributed by atoms with Crippen molar-refractivity contribution in [2.24, 2.45) is 0 Å². The molecule has 0 saturated carbocycles. The molecule has 5 rings (SSSR count). The lowest BCUT2D eigenvalue weighted by molar-refractivity contribution is 0.0121. The molecule has 0 saturated heterocycles. The maximum absolute atomic E-state index is 14.1. The molecule has 0 spiro atoms. The van der Waals surface area contributed by atoms with E-state index in [1.807, 2.05) is 26.0 Å². The molecule has 0 bridgehead atoms. The Morgan fingerprint density at radius 2 is 2.18 bits per heavy atom. The summed E-state index contributed by atoms with van der Waals surface area (Å²) in [5, 5.41) is 23.4. The smallest absolute Gasteiger partial charge is 0.251 e. The van der Waals surface area contributed by atoms with Crippen molar-refractivity contribution in [1.82, 2.24) is 20.2 Å². The zero-order valence-corrected chi connectivity index (χ0v) is 25.8. The largest absolute Gasteiger partial charge is 0.494 e. The normalized spacial score (nSPS) is 18.6. The first-order valence-corrected chi connectivity index (χ1v) is 14.6. The van der Waals surface area contributed by atoms with Gasteiger partial charge in [0.05, 0.1) is 43.2 Å². The number of rotatable bonds is 10. The lowest BCUT2D eigenvalue weighted by Crippen LogP contribution is -2.47. The number of fused-ring (bicyclic) bond motifs is 2. The van der Waals surface area contributed by atoms with Crippen molar-refractivity contribution >= 4 is 34.6 Å². The zero-order valence-electron chi connectivity index (χ0n) is 25.0. The van der Waals surface area contributed by atoms with E-state index < -0.39 is 22.8 Å². The Bertz CT molecular complexity index is 1700. The van der Waals surface area contributed by atoms with Gasteiger partial charge in [0.15, 0.2) is 0 Å². The number of allylic oxidation sites excluding steroid dienone is 5. The third kappa shape index (κ3) is 6.18. The fraction of sp³-hybridized carbons (Fsp3) is 0.333. The highest BCUT2D eigenvalue weighted by atomic mass is 35.5. The molecular weight excluding hydrogens is 585 g/mol. The number of pyridine rings is 2. The van der Waals surface area contributed by atoms with Gasteiger partial charge in [-0.25, -0.2) is 4.39 Å². The molecule has 1 aromatic carbocycles. The van der Waals surface area contributed by atoms with Crippen molar-refractivity contribution in [1.29, 1.82) is 5.41 Å². The van der Waals surface area contributed by atoms with Crippen LogP contribution in [0.2, 0.25) is 0 Å². The van der Waals surface area contributed by atoms with Gasteiger partial charge in [0.1, 0.15) is 28.4 Å². The van der Waals surface area contributed by atoms with E-state index in [0.29, 0.717) is 40.6 Å². The van der Waals surface area contributed by atoms with Gasteiger partial charge in [0.2, 0.25) is 0 Å². The van der Waals surface area contributed by atoms with Crippen LogP contribution in [0.4, 0.5) is 4.39 Å². The molecule has 2 unspecified atom stereocenters. The van der Waals surface area contributed by atoms with Crippen molar-refractivity contribution < 1.29 is 23.8 Å². The van der Waals surface area contributed by atoms with Crippen LogP contribution in [-0.2, 0) is 11.0 Å². The summed E-state index contributed by atoms with van der Waals surface area (Å²) in [6.07, 6.45) is 9.20. The number of hydrogen-bond donors (Lipinski definition) is 3. The summed E-state index contributed by atoms with van der Waals surface area (Å²) in [6.45, 7) is 4.33. The summed E-state index contributed by atoms with van der Waals surface area (Å²) in [5.74, 6) is -0.232. The van der Waals surface area contributed by atoms with Gasteiger partial charge in [-0.1, -0.05) is 37.6 Å². The third-order valence-corrected chi connectivity index (χ3v) is 8.24. The Labute approximate surface area is 260 Å². The van der Waals surface area contributed by atoms with Gasteiger partial charge in [-0.15, -0.1) is 0 Å². The van der Waals surface area contributed by atoms with Gasteiger partial charge in [0, 0.05) is 53.5 Å². The summed E-state index contributed by atoms with van der Waals surface area (Å²) in [4.78, 5) is 24.5. The minimum Gasteiger partial charge on any atom is -0.494 e. The van der Waals surface area contributed by atoms with Crippen LogP contribution in [0.3, 0.4) is 0 Å². The van der Waals surface area contributed by atoms with E-state index in [4.69, 9.17) is 31.5 Å². The van der Waals surface area contributed by atoms with Crippen molar-refractivity contribution in [3.63, 3.8) is 0 Å². The lowest BCUT2D eigenvalue weighted by Gasteiger charge is -2.33. The van der Waals surface area contributed by atoms with Crippen LogP contribution in [0, 0.1) is 5.41 Å². The first-order valence-electron chi connectivity index (χ1n) is 14.2. The second-order valence-electron chi connectivity index (χ2n) is 11.8. The number of hydrogen-bond acceptors (Lipinski definition) is 8. The van der Waals surface area contributed by atoms with Crippen molar-refractivity contribution in [3.05, 3.63) is 94.3 Å². The predicted octanol–water partition coefficient (Wildman–Crippen LogP) is 5.48. The summed E-state index contributed by atoms with van der Waals surface area (Å²) in [7, 11) is 3.27. The van der Waals surface area contributed by atoms with Gasteiger partial charge >= 0.3 is 0 Å². The van der Waals surface area contributed by atoms with Crippen LogP contribution in [0.15, 0.2) is 71.8 Å². The number of benzene rings is 1. The van der Waals surface area contributed by atoms with Gasteiger partial charge in [-0.2, -0.15) is 0 Å². The Balaban J connectivity index is 1.54. The summed E-state index contributed by atoms with van der Waals surface area (Å²) >= 11 is 6.21. The highest BCUT2D eigenvalue weighted by Crippen LogP contribution is 2.46. The number of halogens is 2. The van der Waals surface area contributed by atoms with Crippen molar-refractivity contribution in [2.45, 2.75) is 37.2 Å². The highest BCUT2D eigenvalue weighted by molar-refractivity contribution is 6.30. The molecule has 3 N–H and O–H groups in total. The molecule has 230 valence electrons. The molecule has 1 amide bonds. The molecule has 2 aromatic heterocycles.